The van der Waals surface area contributed by atoms with Crippen molar-refractivity contribution in [1.29, 1.82) is 0 Å². The SMILES string of the molecule is Cc1ccc(NC(=O)Cc2nc(COC(=O)[C@@H](NC(=O)c3ccccc3)C(C)C)cs2)cc1. The molecule has 0 saturated carbocycles. The topological polar surface area (TPSA) is 97.4 Å². The van der Waals surface area contributed by atoms with Crippen LogP contribution in [-0.4, -0.2) is 28.8 Å². The number of carbonyl (C=O) groups is 3. The van der Waals surface area contributed by atoms with Gasteiger partial charge in [0.15, 0.2) is 0 Å². The zero-order valence-electron chi connectivity index (χ0n) is 18.8. The monoisotopic (exact) mass is 465 g/mol. The van der Waals surface area contributed by atoms with Gasteiger partial charge >= 0.3 is 5.97 Å². The minimum Gasteiger partial charge on any atom is -0.458 e. The van der Waals surface area contributed by atoms with E-state index >= 15 is 0 Å². The van der Waals surface area contributed by atoms with E-state index in [2.05, 4.69) is 15.6 Å². The number of carbonyl (C=O) groups excluding carboxylic acids is 3. The zero-order chi connectivity index (χ0) is 23.8. The molecule has 0 unspecified atom stereocenters. The van der Waals surface area contributed by atoms with E-state index in [9.17, 15) is 14.4 Å². The van der Waals surface area contributed by atoms with Crippen LogP contribution >= 0.6 is 11.3 Å². The zero-order valence-corrected chi connectivity index (χ0v) is 19.6. The summed E-state index contributed by atoms with van der Waals surface area (Å²) < 4.78 is 5.40. The molecule has 0 bridgehead atoms. The standard InChI is InChI=1S/C25H27N3O4S/c1-16(2)23(28-24(30)18-7-5-4-6-8-18)25(31)32-14-20-15-33-22(27-20)13-21(29)26-19-11-9-17(3)10-12-19/h4-12,15-16,23H,13-14H2,1-3H3,(H,26,29)(H,28,30)/t23-/m0/s1. The van der Waals surface area contributed by atoms with E-state index in [0.29, 0.717) is 16.3 Å². The van der Waals surface area contributed by atoms with E-state index in [1.807, 2.05) is 51.1 Å². The van der Waals surface area contributed by atoms with E-state index in [1.165, 1.54) is 11.3 Å². The van der Waals surface area contributed by atoms with Crippen LogP contribution in [0.15, 0.2) is 60.0 Å². The van der Waals surface area contributed by atoms with Gasteiger partial charge in [0.1, 0.15) is 17.7 Å². The van der Waals surface area contributed by atoms with Crippen LogP contribution in [0.25, 0.3) is 0 Å². The Morgan fingerprint density at radius 2 is 1.73 bits per heavy atom. The third kappa shape index (κ3) is 7.25. The lowest BCUT2D eigenvalue weighted by atomic mass is 10.0. The molecule has 2 amide bonds. The summed E-state index contributed by atoms with van der Waals surface area (Å²) >= 11 is 1.33. The molecule has 2 aromatic carbocycles. The molecule has 1 atom stereocenters. The van der Waals surface area contributed by atoms with Gasteiger partial charge < -0.3 is 15.4 Å². The Labute approximate surface area is 197 Å². The summed E-state index contributed by atoms with van der Waals surface area (Å²) in [5.74, 6) is -1.18. The van der Waals surface area contributed by atoms with Gasteiger partial charge in [0.25, 0.3) is 5.91 Å². The summed E-state index contributed by atoms with van der Waals surface area (Å²) in [7, 11) is 0. The molecular weight excluding hydrogens is 438 g/mol. The summed E-state index contributed by atoms with van der Waals surface area (Å²) in [5, 5.41) is 7.97. The maximum absolute atomic E-state index is 12.6. The fourth-order valence-corrected chi connectivity index (χ4v) is 3.80. The first-order valence-corrected chi connectivity index (χ1v) is 11.5. The smallest absolute Gasteiger partial charge is 0.329 e. The summed E-state index contributed by atoms with van der Waals surface area (Å²) in [4.78, 5) is 41.7. The fraction of sp³-hybridized carbons (Fsp3) is 0.280. The molecule has 0 spiro atoms. The predicted octanol–water partition coefficient (Wildman–Crippen LogP) is 4.13. The van der Waals surface area contributed by atoms with Crippen LogP contribution in [0.3, 0.4) is 0 Å². The highest BCUT2D eigenvalue weighted by molar-refractivity contribution is 7.09. The number of nitrogens with zero attached hydrogens (tertiary/aromatic N) is 1. The Morgan fingerprint density at radius 3 is 2.39 bits per heavy atom. The molecule has 33 heavy (non-hydrogen) atoms. The molecule has 3 rings (SSSR count). The van der Waals surface area contributed by atoms with Crippen molar-refractivity contribution in [1.82, 2.24) is 10.3 Å². The Hall–Kier alpha value is -3.52. The molecular formula is C25H27N3O4S. The van der Waals surface area contributed by atoms with Gasteiger partial charge in [-0.2, -0.15) is 0 Å². The number of anilines is 1. The van der Waals surface area contributed by atoms with E-state index in [0.717, 1.165) is 11.3 Å². The van der Waals surface area contributed by atoms with Crippen LogP contribution in [0.5, 0.6) is 0 Å². The summed E-state index contributed by atoms with van der Waals surface area (Å²) in [6.07, 6.45) is 0.133. The lowest BCUT2D eigenvalue weighted by Gasteiger charge is -2.20. The molecule has 2 N–H and O–H groups in total. The molecule has 0 fully saturated rings. The van der Waals surface area contributed by atoms with Crippen molar-refractivity contribution >= 4 is 34.8 Å². The van der Waals surface area contributed by atoms with Gasteiger partial charge in [0.05, 0.1) is 12.1 Å². The third-order valence-corrected chi connectivity index (χ3v) is 5.75. The number of esters is 1. The Bertz CT molecular complexity index is 1090. The summed E-state index contributed by atoms with van der Waals surface area (Å²) in [6.45, 7) is 5.63. The minimum absolute atomic E-state index is 0.0284. The second kappa shape index (κ2) is 11.4. The van der Waals surface area contributed by atoms with Gasteiger partial charge in [0, 0.05) is 16.6 Å². The predicted molar refractivity (Wildman–Crippen MR) is 128 cm³/mol. The fourth-order valence-electron chi connectivity index (χ4n) is 3.02. The van der Waals surface area contributed by atoms with Crippen molar-refractivity contribution in [2.75, 3.05) is 5.32 Å². The van der Waals surface area contributed by atoms with Crippen LogP contribution in [0.2, 0.25) is 0 Å². The Balaban J connectivity index is 1.51. The van der Waals surface area contributed by atoms with E-state index < -0.39 is 12.0 Å². The first kappa shape index (κ1) is 24.1. The number of amides is 2. The molecule has 3 aromatic rings. The number of thiazole rings is 1. The number of hydrogen-bond acceptors (Lipinski definition) is 6. The lowest BCUT2D eigenvalue weighted by Crippen LogP contribution is -2.45. The van der Waals surface area contributed by atoms with Crippen molar-refractivity contribution in [3.63, 3.8) is 0 Å². The molecule has 172 valence electrons. The molecule has 0 saturated heterocycles. The van der Waals surface area contributed by atoms with E-state index in [4.69, 9.17) is 4.74 Å². The van der Waals surface area contributed by atoms with Crippen LogP contribution in [-0.2, 0) is 27.4 Å². The van der Waals surface area contributed by atoms with Crippen LogP contribution in [0.4, 0.5) is 5.69 Å². The molecule has 0 aliphatic carbocycles. The Kier molecular flexibility index (Phi) is 8.32. The van der Waals surface area contributed by atoms with E-state index in [1.54, 1.807) is 29.6 Å². The van der Waals surface area contributed by atoms with Crippen LogP contribution < -0.4 is 10.6 Å². The number of hydrogen-bond donors (Lipinski definition) is 2. The van der Waals surface area contributed by atoms with Gasteiger partial charge in [0.2, 0.25) is 5.91 Å². The van der Waals surface area contributed by atoms with Crippen LogP contribution in [0, 0.1) is 12.8 Å². The van der Waals surface area contributed by atoms with Gasteiger partial charge in [-0.1, -0.05) is 49.7 Å². The van der Waals surface area contributed by atoms with Crippen LogP contribution in [0.1, 0.15) is 40.5 Å². The first-order chi connectivity index (χ1) is 15.8. The van der Waals surface area contributed by atoms with Gasteiger partial charge in [-0.15, -0.1) is 11.3 Å². The number of rotatable bonds is 9. The molecule has 1 aromatic heterocycles. The van der Waals surface area contributed by atoms with Gasteiger partial charge in [-0.25, -0.2) is 9.78 Å². The summed E-state index contributed by atoms with van der Waals surface area (Å²) in [6, 6.07) is 15.5. The summed E-state index contributed by atoms with van der Waals surface area (Å²) in [5.41, 5.74) is 2.88. The lowest BCUT2D eigenvalue weighted by molar-refractivity contribution is -0.148. The quantitative estimate of drug-likeness (QED) is 0.463. The molecule has 0 radical (unpaired) electrons. The van der Waals surface area contributed by atoms with Crippen molar-refractivity contribution in [2.45, 2.75) is 39.8 Å². The van der Waals surface area contributed by atoms with Gasteiger partial charge in [-0.05, 0) is 37.1 Å². The molecule has 7 nitrogen and oxygen atoms in total. The minimum atomic E-state index is -0.781. The highest BCUT2D eigenvalue weighted by Gasteiger charge is 2.26. The molecule has 0 aliphatic heterocycles. The number of aromatic nitrogens is 1. The third-order valence-electron chi connectivity index (χ3n) is 4.85. The molecule has 1 heterocycles. The highest BCUT2D eigenvalue weighted by atomic mass is 32.1. The maximum atomic E-state index is 12.6. The highest BCUT2D eigenvalue weighted by Crippen LogP contribution is 2.15. The average Bonchev–Trinajstić information content (AvgIpc) is 3.24. The van der Waals surface area contributed by atoms with Crippen molar-refractivity contribution < 1.29 is 19.1 Å². The maximum Gasteiger partial charge on any atom is 0.329 e. The van der Waals surface area contributed by atoms with Crippen molar-refractivity contribution in [2.24, 2.45) is 5.92 Å². The second-order valence-corrected chi connectivity index (χ2v) is 8.94. The number of aryl methyl sites for hydroxylation is 1. The first-order valence-electron chi connectivity index (χ1n) is 10.6. The normalized spacial score (nSPS) is 11.6. The molecule has 8 heteroatoms. The Morgan fingerprint density at radius 1 is 1.03 bits per heavy atom. The number of ether oxygens (including phenoxy) is 1. The second-order valence-electron chi connectivity index (χ2n) is 7.99. The van der Waals surface area contributed by atoms with Crippen molar-refractivity contribution in [3.05, 3.63) is 81.8 Å². The van der Waals surface area contributed by atoms with Crippen molar-refractivity contribution in [3.8, 4) is 0 Å². The van der Waals surface area contributed by atoms with E-state index in [-0.39, 0.29) is 30.8 Å². The average molecular weight is 466 g/mol. The largest absolute Gasteiger partial charge is 0.458 e. The number of benzene rings is 2. The van der Waals surface area contributed by atoms with Gasteiger partial charge in [-0.3, -0.25) is 9.59 Å². The molecule has 0 aliphatic rings. The number of nitrogens with one attached hydrogen (secondary N) is 2.